The number of nitrogens with two attached hydrogens (primary N) is 1. The van der Waals surface area contributed by atoms with E-state index in [0.29, 0.717) is 11.3 Å². The number of nitrogens with zero attached hydrogens (tertiary/aromatic N) is 2. The minimum atomic E-state index is -0.353. The molecule has 0 atom stereocenters. The summed E-state index contributed by atoms with van der Waals surface area (Å²) in [5.74, 6) is 0.347. The van der Waals surface area contributed by atoms with Gasteiger partial charge in [-0.2, -0.15) is 9.97 Å². The first kappa shape index (κ1) is 14.0. The highest BCUT2D eigenvalue weighted by Gasteiger charge is 2.13. The SMILES string of the molecule is Cc1ccc(Oc2ncnc(OC(C)C)c2N)cc1F. The summed E-state index contributed by atoms with van der Waals surface area (Å²) in [6.45, 7) is 5.39. The Balaban J connectivity index is 2.27. The molecule has 0 spiro atoms. The second-order valence-electron chi connectivity index (χ2n) is 4.58. The van der Waals surface area contributed by atoms with E-state index >= 15 is 0 Å². The van der Waals surface area contributed by atoms with Gasteiger partial charge in [-0.05, 0) is 32.4 Å². The molecular formula is C14H16FN3O2. The molecule has 106 valence electrons. The zero-order valence-corrected chi connectivity index (χ0v) is 11.6. The van der Waals surface area contributed by atoms with E-state index in [1.54, 1.807) is 19.1 Å². The quantitative estimate of drug-likeness (QED) is 0.929. The fraction of sp³-hybridized carbons (Fsp3) is 0.286. The molecule has 0 radical (unpaired) electrons. The Morgan fingerprint density at radius 2 is 1.90 bits per heavy atom. The second-order valence-corrected chi connectivity index (χ2v) is 4.58. The predicted molar refractivity (Wildman–Crippen MR) is 73.4 cm³/mol. The molecule has 1 aromatic carbocycles. The van der Waals surface area contributed by atoms with Gasteiger partial charge in [0, 0.05) is 6.07 Å². The molecule has 2 aromatic rings. The van der Waals surface area contributed by atoms with Gasteiger partial charge in [0.1, 0.15) is 17.9 Å². The van der Waals surface area contributed by atoms with Gasteiger partial charge >= 0.3 is 0 Å². The van der Waals surface area contributed by atoms with Gasteiger partial charge < -0.3 is 15.2 Å². The van der Waals surface area contributed by atoms with Crippen LogP contribution in [0.2, 0.25) is 0 Å². The van der Waals surface area contributed by atoms with Crippen LogP contribution in [0.15, 0.2) is 24.5 Å². The van der Waals surface area contributed by atoms with Crippen molar-refractivity contribution in [3.05, 3.63) is 35.9 Å². The monoisotopic (exact) mass is 277 g/mol. The summed E-state index contributed by atoms with van der Waals surface area (Å²) in [5, 5.41) is 0. The highest BCUT2D eigenvalue weighted by Crippen LogP contribution is 2.31. The molecular weight excluding hydrogens is 261 g/mol. The van der Waals surface area contributed by atoms with Crippen LogP contribution in [0, 0.1) is 12.7 Å². The van der Waals surface area contributed by atoms with Crippen molar-refractivity contribution in [3.63, 3.8) is 0 Å². The lowest BCUT2D eigenvalue weighted by molar-refractivity contribution is 0.232. The molecule has 2 rings (SSSR count). The number of nitrogen functional groups attached to an aromatic ring is 1. The van der Waals surface area contributed by atoms with Gasteiger partial charge in [0.05, 0.1) is 6.10 Å². The zero-order valence-electron chi connectivity index (χ0n) is 11.6. The van der Waals surface area contributed by atoms with E-state index in [1.807, 2.05) is 13.8 Å². The van der Waals surface area contributed by atoms with E-state index in [-0.39, 0.29) is 29.4 Å². The van der Waals surface area contributed by atoms with Crippen LogP contribution in [-0.4, -0.2) is 16.1 Å². The van der Waals surface area contributed by atoms with E-state index in [9.17, 15) is 4.39 Å². The fourth-order valence-corrected chi connectivity index (χ4v) is 1.51. The first-order valence-electron chi connectivity index (χ1n) is 6.18. The topological polar surface area (TPSA) is 70.3 Å². The molecule has 0 saturated heterocycles. The summed E-state index contributed by atoms with van der Waals surface area (Å²) >= 11 is 0. The standard InChI is InChI=1S/C14H16FN3O2/c1-8(2)19-13-12(16)14(18-7-17-13)20-10-5-4-9(3)11(15)6-10/h4-8H,16H2,1-3H3. The molecule has 1 heterocycles. The number of anilines is 1. The molecule has 2 N–H and O–H groups in total. The highest BCUT2D eigenvalue weighted by atomic mass is 19.1. The van der Waals surface area contributed by atoms with Crippen LogP contribution in [0.3, 0.4) is 0 Å². The van der Waals surface area contributed by atoms with Gasteiger partial charge in [-0.25, -0.2) is 4.39 Å². The lowest BCUT2D eigenvalue weighted by atomic mass is 10.2. The highest BCUT2D eigenvalue weighted by molar-refractivity contribution is 5.56. The smallest absolute Gasteiger partial charge is 0.249 e. The van der Waals surface area contributed by atoms with Crippen molar-refractivity contribution >= 4 is 5.69 Å². The van der Waals surface area contributed by atoms with E-state index < -0.39 is 0 Å². The van der Waals surface area contributed by atoms with Crippen LogP contribution < -0.4 is 15.2 Å². The fourth-order valence-electron chi connectivity index (χ4n) is 1.51. The predicted octanol–water partition coefficient (Wildman–Crippen LogP) is 3.09. The first-order valence-corrected chi connectivity index (χ1v) is 6.18. The lowest BCUT2D eigenvalue weighted by Gasteiger charge is -2.13. The molecule has 0 aliphatic rings. The minimum absolute atomic E-state index is 0.0723. The Morgan fingerprint density at radius 3 is 2.55 bits per heavy atom. The van der Waals surface area contributed by atoms with Crippen molar-refractivity contribution in [1.29, 1.82) is 0 Å². The summed E-state index contributed by atoms with van der Waals surface area (Å²) in [4.78, 5) is 7.87. The summed E-state index contributed by atoms with van der Waals surface area (Å²) in [7, 11) is 0. The summed E-state index contributed by atoms with van der Waals surface area (Å²) in [5.41, 5.74) is 6.60. The van der Waals surface area contributed by atoms with E-state index in [4.69, 9.17) is 15.2 Å². The molecule has 0 amide bonds. The number of hydrogen-bond acceptors (Lipinski definition) is 5. The number of halogens is 1. The summed E-state index contributed by atoms with van der Waals surface area (Å²) in [6.07, 6.45) is 1.21. The van der Waals surface area contributed by atoms with Gasteiger partial charge in [-0.3, -0.25) is 0 Å². The summed E-state index contributed by atoms with van der Waals surface area (Å²) < 4.78 is 24.4. The van der Waals surface area contributed by atoms with Crippen molar-refractivity contribution < 1.29 is 13.9 Å². The molecule has 0 fully saturated rings. The maximum atomic E-state index is 13.5. The average molecular weight is 277 g/mol. The number of aryl methyl sites for hydroxylation is 1. The molecule has 0 aliphatic heterocycles. The number of ether oxygens (including phenoxy) is 2. The van der Waals surface area contributed by atoms with Crippen LogP contribution in [0.5, 0.6) is 17.5 Å². The minimum Gasteiger partial charge on any atom is -0.473 e. The van der Waals surface area contributed by atoms with Crippen LogP contribution in [0.4, 0.5) is 10.1 Å². The van der Waals surface area contributed by atoms with Crippen molar-refractivity contribution in [2.45, 2.75) is 26.9 Å². The molecule has 1 aromatic heterocycles. The number of benzene rings is 1. The summed E-state index contributed by atoms with van der Waals surface area (Å²) in [6, 6.07) is 4.54. The average Bonchev–Trinajstić information content (AvgIpc) is 2.38. The zero-order chi connectivity index (χ0) is 14.7. The molecule has 6 heteroatoms. The third-order valence-electron chi connectivity index (χ3n) is 2.52. The molecule has 5 nitrogen and oxygen atoms in total. The third-order valence-corrected chi connectivity index (χ3v) is 2.52. The first-order chi connectivity index (χ1) is 9.47. The van der Waals surface area contributed by atoms with Crippen molar-refractivity contribution in [2.75, 3.05) is 5.73 Å². The maximum absolute atomic E-state index is 13.5. The molecule has 20 heavy (non-hydrogen) atoms. The molecule has 0 saturated carbocycles. The Bertz CT molecular complexity index is 617. The Kier molecular flexibility index (Phi) is 4.02. The van der Waals surface area contributed by atoms with Crippen LogP contribution in [0.1, 0.15) is 19.4 Å². The number of hydrogen-bond donors (Lipinski definition) is 1. The van der Waals surface area contributed by atoms with Crippen molar-refractivity contribution in [2.24, 2.45) is 0 Å². The Labute approximate surface area is 116 Å². The number of aromatic nitrogens is 2. The molecule has 0 bridgehead atoms. The van der Waals surface area contributed by atoms with Gasteiger partial charge in [-0.1, -0.05) is 6.07 Å². The van der Waals surface area contributed by atoms with Crippen molar-refractivity contribution in [3.8, 4) is 17.5 Å². The van der Waals surface area contributed by atoms with Gasteiger partial charge in [-0.15, -0.1) is 0 Å². The Hall–Kier alpha value is -2.37. The van der Waals surface area contributed by atoms with Crippen LogP contribution >= 0.6 is 0 Å². The van der Waals surface area contributed by atoms with Gasteiger partial charge in [0.25, 0.3) is 0 Å². The Morgan fingerprint density at radius 1 is 1.20 bits per heavy atom. The van der Waals surface area contributed by atoms with E-state index in [1.165, 1.54) is 12.4 Å². The maximum Gasteiger partial charge on any atom is 0.249 e. The second kappa shape index (κ2) is 5.73. The third kappa shape index (κ3) is 3.14. The van der Waals surface area contributed by atoms with Crippen molar-refractivity contribution in [1.82, 2.24) is 9.97 Å². The molecule has 0 aliphatic carbocycles. The lowest BCUT2D eigenvalue weighted by Crippen LogP contribution is -2.10. The normalized spacial score (nSPS) is 10.7. The van der Waals surface area contributed by atoms with E-state index in [0.717, 1.165) is 0 Å². The van der Waals surface area contributed by atoms with Crippen LogP contribution in [-0.2, 0) is 0 Å². The van der Waals surface area contributed by atoms with Gasteiger partial charge in [0.15, 0.2) is 5.69 Å². The van der Waals surface area contributed by atoms with Crippen LogP contribution in [0.25, 0.3) is 0 Å². The van der Waals surface area contributed by atoms with Gasteiger partial charge in [0.2, 0.25) is 11.8 Å². The molecule has 0 unspecified atom stereocenters. The number of rotatable bonds is 4. The largest absolute Gasteiger partial charge is 0.473 e. The van der Waals surface area contributed by atoms with E-state index in [2.05, 4.69) is 9.97 Å².